The van der Waals surface area contributed by atoms with Crippen molar-refractivity contribution in [2.24, 2.45) is 0 Å². The van der Waals surface area contributed by atoms with Gasteiger partial charge in [0.15, 0.2) is 11.5 Å². The Kier molecular flexibility index (Phi) is 5.64. The zero-order valence-corrected chi connectivity index (χ0v) is 14.6. The number of nitro groups is 1. The Morgan fingerprint density at radius 1 is 1.22 bits per heavy atom. The smallest absolute Gasteiger partial charge is 0.270 e. The average Bonchev–Trinajstić information content (AvgIpc) is 3.12. The first-order chi connectivity index (χ1) is 13.0. The van der Waals surface area contributed by atoms with Gasteiger partial charge in [-0.3, -0.25) is 14.9 Å². The molecular formula is C18H13ClN2O6. The molecule has 0 unspecified atom stereocenters. The van der Waals surface area contributed by atoms with E-state index in [-0.39, 0.29) is 36.2 Å². The van der Waals surface area contributed by atoms with Crippen molar-refractivity contribution >= 4 is 23.2 Å². The van der Waals surface area contributed by atoms with Crippen LogP contribution in [0.15, 0.2) is 36.4 Å². The van der Waals surface area contributed by atoms with Gasteiger partial charge in [-0.2, -0.15) is 0 Å². The number of hydrogen-bond donors (Lipinski definition) is 1. The molecule has 1 N–H and O–H groups in total. The van der Waals surface area contributed by atoms with Crippen molar-refractivity contribution < 1.29 is 23.9 Å². The molecule has 0 radical (unpaired) electrons. The van der Waals surface area contributed by atoms with E-state index in [2.05, 4.69) is 17.2 Å². The fourth-order valence-electron chi connectivity index (χ4n) is 2.22. The molecule has 0 fully saturated rings. The highest BCUT2D eigenvalue weighted by molar-refractivity contribution is 6.33. The van der Waals surface area contributed by atoms with E-state index in [1.165, 1.54) is 12.1 Å². The summed E-state index contributed by atoms with van der Waals surface area (Å²) in [6.07, 6.45) is 0. The summed E-state index contributed by atoms with van der Waals surface area (Å²) < 4.78 is 15.9. The molecule has 0 aromatic heterocycles. The number of carbonyl (C=O) groups excluding carboxylic acids is 1. The lowest BCUT2D eigenvalue weighted by Crippen LogP contribution is -2.24. The van der Waals surface area contributed by atoms with E-state index in [9.17, 15) is 14.9 Å². The molecule has 2 aromatic rings. The molecule has 2 aromatic carbocycles. The molecule has 1 aliphatic heterocycles. The second-order valence-electron chi connectivity index (χ2n) is 5.26. The molecule has 0 aliphatic carbocycles. The van der Waals surface area contributed by atoms with Crippen molar-refractivity contribution in [3.63, 3.8) is 0 Å². The van der Waals surface area contributed by atoms with Crippen molar-refractivity contribution in [2.45, 2.75) is 0 Å². The number of hydrogen-bond acceptors (Lipinski definition) is 6. The van der Waals surface area contributed by atoms with Crippen LogP contribution >= 0.6 is 11.6 Å². The fraction of sp³-hybridized carbons (Fsp3) is 0.167. The molecule has 27 heavy (non-hydrogen) atoms. The van der Waals surface area contributed by atoms with Crippen molar-refractivity contribution in [1.29, 1.82) is 0 Å². The minimum Gasteiger partial charge on any atom is -0.481 e. The topological polar surface area (TPSA) is 99.9 Å². The number of nitrogens with one attached hydrogen (secondary N) is 1. The second-order valence-corrected chi connectivity index (χ2v) is 5.67. The molecule has 1 amide bonds. The fourth-order valence-corrected chi connectivity index (χ4v) is 2.42. The van der Waals surface area contributed by atoms with Crippen LogP contribution in [-0.4, -0.2) is 30.8 Å². The summed E-state index contributed by atoms with van der Waals surface area (Å²) in [4.78, 5) is 22.2. The van der Waals surface area contributed by atoms with Gasteiger partial charge < -0.3 is 19.5 Å². The van der Waals surface area contributed by atoms with Gasteiger partial charge in [0, 0.05) is 18.2 Å². The van der Waals surface area contributed by atoms with Gasteiger partial charge in [0.05, 0.1) is 22.1 Å². The zero-order valence-electron chi connectivity index (χ0n) is 13.9. The molecule has 1 aliphatic rings. The summed E-state index contributed by atoms with van der Waals surface area (Å²) in [5, 5.41) is 13.4. The van der Waals surface area contributed by atoms with Crippen LogP contribution in [0.25, 0.3) is 0 Å². The van der Waals surface area contributed by atoms with Crippen LogP contribution in [0, 0.1) is 22.0 Å². The first-order valence-electron chi connectivity index (χ1n) is 7.75. The summed E-state index contributed by atoms with van der Waals surface area (Å²) in [5.74, 6) is 6.79. The number of ether oxygens (including phenoxy) is 3. The van der Waals surface area contributed by atoms with E-state index < -0.39 is 10.8 Å². The van der Waals surface area contributed by atoms with Gasteiger partial charge in [0.2, 0.25) is 6.79 Å². The lowest BCUT2D eigenvalue weighted by molar-refractivity contribution is -0.384. The number of rotatable bonds is 5. The van der Waals surface area contributed by atoms with E-state index in [1.807, 2.05) is 0 Å². The third-order valence-electron chi connectivity index (χ3n) is 3.52. The summed E-state index contributed by atoms with van der Waals surface area (Å²) in [6, 6.07) is 8.84. The number of halogens is 1. The van der Waals surface area contributed by atoms with Gasteiger partial charge in [0.1, 0.15) is 12.4 Å². The number of nitro benzene ring substituents is 1. The Balaban J connectivity index is 1.48. The average molecular weight is 389 g/mol. The predicted molar refractivity (Wildman–Crippen MR) is 96.3 cm³/mol. The normalized spacial score (nSPS) is 11.3. The molecule has 138 valence electrons. The third kappa shape index (κ3) is 4.59. The van der Waals surface area contributed by atoms with Crippen molar-refractivity contribution in [3.05, 3.63) is 57.1 Å². The highest BCUT2D eigenvalue weighted by Crippen LogP contribution is 2.34. The molecule has 0 saturated carbocycles. The van der Waals surface area contributed by atoms with Crippen molar-refractivity contribution in [3.8, 4) is 29.1 Å². The van der Waals surface area contributed by atoms with E-state index >= 15 is 0 Å². The lowest BCUT2D eigenvalue weighted by atomic mass is 10.2. The van der Waals surface area contributed by atoms with Gasteiger partial charge >= 0.3 is 0 Å². The molecule has 1 heterocycles. The molecule has 8 nitrogen and oxygen atoms in total. The Labute approximate surface area is 159 Å². The van der Waals surface area contributed by atoms with E-state index in [0.29, 0.717) is 17.2 Å². The Hall–Kier alpha value is -3.44. The highest BCUT2D eigenvalue weighted by Gasteiger charge is 2.15. The Bertz CT molecular complexity index is 951. The number of fused-ring (bicyclic) bond motifs is 1. The van der Waals surface area contributed by atoms with Crippen molar-refractivity contribution in [1.82, 2.24) is 5.32 Å². The van der Waals surface area contributed by atoms with Crippen LogP contribution < -0.4 is 19.5 Å². The van der Waals surface area contributed by atoms with Gasteiger partial charge in [-0.05, 0) is 18.2 Å². The first kappa shape index (κ1) is 18.4. The summed E-state index contributed by atoms with van der Waals surface area (Å²) in [7, 11) is 0. The maximum absolute atomic E-state index is 12.1. The molecule has 9 heteroatoms. The lowest BCUT2D eigenvalue weighted by Gasteiger charge is -2.04. The van der Waals surface area contributed by atoms with E-state index in [0.717, 1.165) is 6.07 Å². The zero-order chi connectivity index (χ0) is 19.2. The minimum absolute atomic E-state index is 0.0178. The summed E-state index contributed by atoms with van der Waals surface area (Å²) >= 11 is 5.91. The number of nitrogens with zero attached hydrogens (tertiary/aromatic N) is 1. The van der Waals surface area contributed by atoms with Crippen LogP contribution in [0.2, 0.25) is 5.02 Å². The van der Waals surface area contributed by atoms with Gasteiger partial charge in [-0.15, -0.1) is 0 Å². The maximum Gasteiger partial charge on any atom is 0.270 e. The second kappa shape index (κ2) is 8.29. The summed E-state index contributed by atoms with van der Waals surface area (Å²) in [5.41, 5.74) is -0.197. The SMILES string of the molecule is O=C(NCC#CCOc1ccc2c(c1)OCO2)c1cc([N+](=O)[O-])ccc1Cl. The molecular weight excluding hydrogens is 376 g/mol. The van der Waals surface area contributed by atoms with Gasteiger partial charge in [0.25, 0.3) is 11.6 Å². The van der Waals surface area contributed by atoms with Crippen molar-refractivity contribution in [2.75, 3.05) is 19.9 Å². The first-order valence-corrected chi connectivity index (χ1v) is 8.12. The quantitative estimate of drug-likeness (QED) is 0.480. The monoisotopic (exact) mass is 388 g/mol. The Morgan fingerprint density at radius 3 is 2.85 bits per heavy atom. The standard InChI is InChI=1S/C18H13ClN2O6/c19-15-5-3-12(21(23)24)9-14(15)18(22)20-7-1-2-8-25-13-4-6-16-17(10-13)27-11-26-16/h3-6,9-10H,7-8,11H2,(H,20,22). The largest absolute Gasteiger partial charge is 0.481 e. The molecule has 0 saturated heterocycles. The molecule has 3 rings (SSSR count). The van der Waals surface area contributed by atoms with E-state index in [4.69, 9.17) is 25.8 Å². The maximum atomic E-state index is 12.1. The van der Waals surface area contributed by atoms with Gasteiger partial charge in [-0.25, -0.2) is 0 Å². The molecule has 0 spiro atoms. The highest BCUT2D eigenvalue weighted by atomic mass is 35.5. The van der Waals surface area contributed by atoms with E-state index in [1.54, 1.807) is 18.2 Å². The van der Waals surface area contributed by atoms with Crippen LogP contribution in [0.4, 0.5) is 5.69 Å². The number of non-ortho nitro benzene ring substituents is 1. The summed E-state index contributed by atoms with van der Waals surface area (Å²) in [6.45, 7) is 0.350. The van der Waals surface area contributed by atoms with Gasteiger partial charge in [-0.1, -0.05) is 23.4 Å². The number of benzene rings is 2. The molecule has 0 bridgehead atoms. The third-order valence-corrected chi connectivity index (χ3v) is 3.85. The Morgan fingerprint density at radius 2 is 2.04 bits per heavy atom. The number of carbonyl (C=O) groups is 1. The van der Waals surface area contributed by atoms with Crippen LogP contribution in [0.3, 0.4) is 0 Å². The minimum atomic E-state index is -0.597. The molecule has 0 atom stereocenters. The van der Waals surface area contributed by atoms with Crippen LogP contribution in [0.5, 0.6) is 17.2 Å². The van der Waals surface area contributed by atoms with Crippen LogP contribution in [-0.2, 0) is 0 Å². The number of amides is 1. The predicted octanol–water partition coefficient (Wildman–Crippen LogP) is 2.79. The van der Waals surface area contributed by atoms with Crippen LogP contribution in [0.1, 0.15) is 10.4 Å².